The Labute approximate surface area is 131 Å². The fraction of sp³-hybridized carbons (Fsp3) is 0.800. The Morgan fingerprint density at radius 1 is 0.812 bits per heavy atom. The summed E-state index contributed by atoms with van der Waals surface area (Å²) in [6.07, 6.45) is -1.35. The van der Waals surface area contributed by atoms with E-state index >= 15 is 0 Å². The van der Waals surface area contributed by atoms with Crippen molar-refractivity contribution in [2.24, 2.45) is 0 Å². The minimum absolute atomic E-state index is 1.35. The standard InChI is InChI=1S/C5H2Cl8O3/c6-1(4(8,9)10)15-3(14)16-2(7)5(11,12)13/h1-2H. The highest BCUT2D eigenvalue weighted by Gasteiger charge is 2.38. The molecule has 11 heteroatoms. The van der Waals surface area contributed by atoms with Crippen molar-refractivity contribution in [3.05, 3.63) is 0 Å². The van der Waals surface area contributed by atoms with Gasteiger partial charge < -0.3 is 9.47 Å². The summed E-state index contributed by atoms with van der Waals surface area (Å²) in [5, 5.41) is 0. The predicted molar refractivity (Wildman–Crippen MR) is 67.4 cm³/mol. The molecule has 0 radical (unpaired) electrons. The van der Waals surface area contributed by atoms with Gasteiger partial charge in [-0.25, -0.2) is 4.79 Å². The Hall–Kier alpha value is 1.59. The third-order valence-electron chi connectivity index (χ3n) is 0.914. The Balaban J connectivity index is 4.21. The van der Waals surface area contributed by atoms with Crippen LogP contribution in [-0.4, -0.2) is 24.9 Å². The van der Waals surface area contributed by atoms with Crippen molar-refractivity contribution < 1.29 is 14.3 Å². The molecule has 0 aromatic heterocycles. The first-order chi connectivity index (χ1) is 6.94. The second kappa shape index (κ2) is 6.67. The van der Waals surface area contributed by atoms with Crippen LogP contribution in [0.3, 0.4) is 0 Å². The predicted octanol–water partition coefficient (Wildman–Crippen LogP) is 5.01. The number of ether oxygens (including phenoxy) is 2. The van der Waals surface area contributed by atoms with Crippen LogP contribution >= 0.6 is 92.8 Å². The summed E-state index contributed by atoms with van der Waals surface area (Å²) in [5.74, 6) is 0. The van der Waals surface area contributed by atoms with E-state index in [1.807, 2.05) is 0 Å². The Bertz CT molecular complexity index is 221. The number of carbonyl (C=O) groups is 1. The van der Waals surface area contributed by atoms with E-state index in [4.69, 9.17) is 92.8 Å². The highest BCUT2D eigenvalue weighted by Crippen LogP contribution is 2.36. The van der Waals surface area contributed by atoms with Crippen LogP contribution in [-0.2, 0) is 9.47 Å². The van der Waals surface area contributed by atoms with Crippen LogP contribution in [0.4, 0.5) is 4.79 Å². The van der Waals surface area contributed by atoms with Crippen molar-refractivity contribution in [3.63, 3.8) is 0 Å². The van der Waals surface area contributed by atoms with Gasteiger partial charge in [0, 0.05) is 0 Å². The van der Waals surface area contributed by atoms with Crippen molar-refractivity contribution in [2.75, 3.05) is 0 Å². The molecule has 0 aromatic carbocycles. The molecule has 16 heavy (non-hydrogen) atoms. The molecule has 0 aromatic rings. The maximum Gasteiger partial charge on any atom is 0.511 e. The summed E-state index contributed by atoms with van der Waals surface area (Å²) in [6.45, 7) is 0. The minimum atomic E-state index is -2.03. The third-order valence-corrected chi connectivity index (χ3v) is 3.61. The maximum absolute atomic E-state index is 11.0. The molecule has 0 N–H and O–H groups in total. The molecule has 0 fully saturated rings. The van der Waals surface area contributed by atoms with E-state index in [-0.39, 0.29) is 0 Å². The fourth-order valence-electron chi connectivity index (χ4n) is 0.330. The summed E-state index contributed by atoms with van der Waals surface area (Å²) in [6, 6.07) is 0. The quantitative estimate of drug-likeness (QED) is 0.489. The molecule has 0 aliphatic rings. The number of alkyl halides is 8. The molecule has 0 aliphatic heterocycles. The van der Waals surface area contributed by atoms with Gasteiger partial charge >= 0.3 is 6.16 Å². The van der Waals surface area contributed by atoms with Crippen molar-refractivity contribution in [2.45, 2.75) is 18.7 Å². The summed E-state index contributed by atoms with van der Waals surface area (Å²) in [7, 11) is 0. The highest BCUT2D eigenvalue weighted by atomic mass is 35.6. The summed E-state index contributed by atoms with van der Waals surface area (Å²) >= 11 is 42.6. The zero-order valence-corrected chi connectivity index (χ0v) is 13.0. The number of carbonyl (C=O) groups excluding carboxylic acids is 1. The molecule has 0 spiro atoms. The summed E-state index contributed by atoms with van der Waals surface area (Å²) in [5.41, 5.74) is -3.16. The van der Waals surface area contributed by atoms with Gasteiger partial charge in [0.25, 0.3) is 0 Å². The normalized spacial score (nSPS) is 16.5. The molecule has 0 saturated heterocycles. The molecule has 0 amide bonds. The monoisotopic (exact) mass is 390 g/mol. The molecule has 0 rings (SSSR count). The maximum atomic E-state index is 11.0. The van der Waals surface area contributed by atoms with Crippen molar-refractivity contribution in [1.82, 2.24) is 0 Å². The lowest BCUT2D eigenvalue weighted by Gasteiger charge is -2.21. The molecule has 96 valence electrons. The molecular formula is C5H2Cl8O3. The van der Waals surface area contributed by atoms with Crippen LogP contribution in [0, 0.1) is 0 Å². The van der Waals surface area contributed by atoms with E-state index in [1.54, 1.807) is 0 Å². The molecule has 2 atom stereocenters. The van der Waals surface area contributed by atoms with Gasteiger partial charge in [0.1, 0.15) is 0 Å². The van der Waals surface area contributed by atoms with Gasteiger partial charge in [-0.05, 0) is 0 Å². The zero-order valence-electron chi connectivity index (χ0n) is 6.90. The average Bonchev–Trinajstić information content (AvgIpc) is 1.99. The van der Waals surface area contributed by atoms with Crippen LogP contribution in [0.2, 0.25) is 0 Å². The van der Waals surface area contributed by atoms with E-state index in [2.05, 4.69) is 9.47 Å². The van der Waals surface area contributed by atoms with Gasteiger partial charge in [-0.15, -0.1) is 0 Å². The summed E-state index contributed by atoms with van der Waals surface area (Å²) < 4.78 is 4.61. The molecule has 0 aliphatic carbocycles. The first kappa shape index (κ1) is 17.6. The van der Waals surface area contributed by atoms with Crippen LogP contribution < -0.4 is 0 Å². The molecule has 0 saturated carbocycles. The largest absolute Gasteiger partial charge is 0.511 e. The van der Waals surface area contributed by atoms with Crippen LogP contribution in [0.25, 0.3) is 0 Å². The number of hydrogen-bond acceptors (Lipinski definition) is 3. The van der Waals surface area contributed by atoms with Crippen LogP contribution in [0.5, 0.6) is 0 Å². The lowest BCUT2D eigenvalue weighted by Crippen LogP contribution is -2.31. The number of rotatable bonds is 2. The molecule has 0 bridgehead atoms. The SMILES string of the molecule is O=C(OC(Cl)C(Cl)(Cl)Cl)OC(Cl)C(Cl)(Cl)Cl. The topological polar surface area (TPSA) is 35.5 Å². The van der Waals surface area contributed by atoms with Crippen molar-refractivity contribution >= 4 is 99.0 Å². The molecule has 2 unspecified atom stereocenters. The van der Waals surface area contributed by atoms with Crippen LogP contribution in [0.15, 0.2) is 0 Å². The van der Waals surface area contributed by atoms with Gasteiger partial charge in [0.15, 0.2) is 0 Å². The van der Waals surface area contributed by atoms with E-state index in [9.17, 15) is 4.79 Å². The van der Waals surface area contributed by atoms with Crippen molar-refractivity contribution in [3.8, 4) is 0 Å². The highest BCUT2D eigenvalue weighted by molar-refractivity contribution is 6.70. The lowest BCUT2D eigenvalue weighted by molar-refractivity contribution is 0.0383. The second-order valence-electron chi connectivity index (χ2n) is 2.20. The second-order valence-corrected chi connectivity index (χ2v) is 7.73. The van der Waals surface area contributed by atoms with E-state index < -0.39 is 24.9 Å². The van der Waals surface area contributed by atoms with E-state index in [0.29, 0.717) is 0 Å². The number of hydrogen-bond donors (Lipinski definition) is 0. The molecule has 0 heterocycles. The Morgan fingerprint density at radius 2 is 1.06 bits per heavy atom. The summed E-state index contributed by atoms with van der Waals surface area (Å²) in [4.78, 5) is 11.0. The molecular weight excluding hydrogens is 392 g/mol. The van der Waals surface area contributed by atoms with Gasteiger partial charge in [-0.3, -0.25) is 0 Å². The lowest BCUT2D eigenvalue weighted by atomic mass is 10.8. The smallest absolute Gasteiger partial charge is 0.410 e. The first-order valence-corrected chi connectivity index (χ1v) is 6.37. The fourth-order valence-corrected chi connectivity index (χ4v) is 0.743. The average molecular weight is 394 g/mol. The van der Waals surface area contributed by atoms with Gasteiger partial charge in [-0.1, -0.05) is 92.8 Å². The molecule has 3 nitrogen and oxygen atoms in total. The van der Waals surface area contributed by atoms with E-state index in [0.717, 1.165) is 0 Å². The third kappa shape index (κ3) is 7.12. The van der Waals surface area contributed by atoms with Gasteiger partial charge in [-0.2, -0.15) is 0 Å². The van der Waals surface area contributed by atoms with Gasteiger partial charge in [0.2, 0.25) is 18.7 Å². The van der Waals surface area contributed by atoms with Gasteiger partial charge in [0.05, 0.1) is 0 Å². The Morgan fingerprint density at radius 3 is 1.25 bits per heavy atom. The van der Waals surface area contributed by atoms with E-state index in [1.165, 1.54) is 0 Å². The zero-order chi connectivity index (χ0) is 13.1. The van der Waals surface area contributed by atoms with Crippen molar-refractivity contribution in [1.29, 1.82) is 0 Å². The van der Waals surface area contributed by atoms with Crippen LogP contribution in [0.1, 0.15) is 0 Å². The first-order valence-electron chi connectivity index (χ1n) is 3.23. The Kier molecular flexibility index (Phi) is 7.33. The number of halogens is 8. The minimum Gasteiger partial charge on any atom is -0.410 e.